The molecule has 0 unspecified atom stereocenters. The third-order valence-corrected chi connectivity index (χ3v) is 4.98. The van der Waals surface area contributed by atoms with Crippen LogP contribution in [0.2, 0.25) is 0 Å². The number of nitrogens with one attached hydrogen (secondary N) is 1. The summed E-state index contributed by atoms with van der Waals surface area (Å²) in [6.45, 7) is 1.75. The first kappa shape index (κ1) is 15.7. The summed E-state index contributed by atoms with van der Waals surface area (Å²) in [4.78, 5) is -0.861. The molecule has 0 saturated heterocycles. The molecule has 21 heavy (non-hydrogen) atoms. The van der Waals surface area contributed by atoms with Crippen LogP contribution in [0.5, 0.6) is 5.75 Å². The average Bonchev–Trinajstić information content (AvgIpc) is 2.37. The van der Waals surface area contributed by atoms with Crippen LogP contribution in [0, 0.1) is 18.6 Å². The summed E-state index contributed by atoms with van der Waals surface area (Å²) in [5, 5.41) is 9.47. The number of benzene rings is 2. The van der Waals surface area contributed by atoms with Gasteiger partial charge in [0.2, 0.25) is 0 Å². The molecule has 0 aliphatic carbocycles. The zero-order chi connectivity index (χ0) is 15.8. The summed E-state index contributed by atoms with van der Waals surface area (Å²) >= 11 is 3.27. The molecule has 2 rings (SSSR count). The highest BCUT2D eigenvalue weighted by molar-refractivity contribution is 9.10. The normalized spacial score (nSPS) is 11.4. The van der Waals surface area contributed by atoms with Crippen molar-refractivity contribution < 1.29 is 22.3 Å². The number of hydrogen-bond acceptors (Lipinski definition) is 3. The lowest BCUT2D eigenvalue weighted by atomic mass is 10.2. The Balaban J connectivity index is 2.45. The van der Waals surface area contributed by atoms with Crippen LogP contribution >= 0.6 is 15.9 Å². The van der Waals surface area contributed by atoms with Crippen LogP contribution in [0.25, 0.3) is 0 Å². The first-order valence-corrected chi connectivity index (χ1v) is 7.95. The molecule has 0 bridgehead atoms. The minimum absolute atomic E-state index is 0.208. The molecule has 0 saturated carbocycles. The highest BCUT2D eigenvalue weighted by atomic mass is 79.9. The van der Waals surface area contributed by atoms with E-state index in [4.69, 9.17) is 0 Å². The van der Waals surface area contributed by atoms with E-state index < -0.39 is 32.3 Å². The van der Waals surface area contributed by atoms with E-state index in [9.17, 15) is 22.3 Å². The van der Waals surface area contributed by atoms with Crippen molar-refractivity contribution in [1.82, 2.24) is 0 Å². The van der Waals surface area contributed by atoms with E-state index in [1.807, 2.05) is 0 Å². The van der Waals surface area contributed by atoms with Gasteiger partial charge in [0.25, 0.3) is 10.0 Å². The molecule has 0 aliphatic rings. The largest absolute Gasteiger partial charge is 0.504 e. The van der Waals surface area contributed by atoms with Crippen molar-refractivity contribution in [2.24, 2.45) is 0 Å². The second kappa shape index (κ2) is 5.61. The van der Waals surface area contributed by atoms with Crippen molar-refractivity contribution in [2.75, 3.05) is 4.72 Å². The van der Waals surface area contributed by atoms with Gasteiger partial charge in [-0.05, 0) is 36.8 Å². The highest BCUT2D eigenvalue weighted by Gasteiger charge is 2.23. The topological polar surface area (TPSA) is 66.4 Å². The molecule has 0 aliphatic heterocycles. The minimum Gasteiger partial charge on any atom is -0.504 e. The predicted octanol–water partition coefficient (Wildman–Crippen LogP) is 3.54. The first-order valence-electron chi connectivity index (χ1n) is 5.67. The zero-order valence-electron chi connectivity index (χ0n) is 10.7. The van der Waals surface area contributed by atoms with Crippen molar-refractivity contribution in [3.63, 3.8) is 0 Å². The Morgan fingerprint density at radius 3 is 2.48 bits per heavy atom. The molecule has 0 heterocycles. The van der Waals surface area contributed by atoms with Gasteiger partial charge in [0.05, 0.1) is 0 Å². The number of hydrogen-bond donors (Lipinski definition) is 2. The molecule has 112 valence electrons. The molecule has 8 heteroatoms. The van der Waals surface area contributed by atoms with Gasteiger partial charge in [0.1, 0.15) is 10.7 Å². The van der Waals surface area contributed by atoms with Crippen molar-refractivity contribution in [3.05, 3.63) is 52.0 Å². The Morgan fingerprint density at radius 1 is 1.19 bits per heavy atom. The summed E-state index contributed by atoms with van der Waals surface area (Å²) in [6.07, 6.45) is 0. The standard InChI is InChI=1S/C13H10BrF2NO3S/c1-7-4-9(2-3-10(7)14)17-21(19,20)12-6-8(15)5-11(16)13(12)18/h2-6,17-18H,1H3. The van der Waals surface area contributed by atoms with Gasteiger partial charge in [-0.1, -0.05) is 15.9 Å². The van der Waals surface area contributed by atoms with E-state index in [-0.39, 0.29) is 5.69 Å². The second-order valence-corrected chi connectivity index (χ2v) is 6.81. The van der Waals surface area contributed by atoms with E-state index >= 15 is 0 Å². The molecule has 0 aromatic heterocycles. The average molecular weight is 378 g/mol. The molecule has 0 radical (unpaired) electrons. The second-order valence-electron chi connectivity index (χ2n) is 4.30. The molecule has 4 nitrogen and oxygen atoms in total. The van der Waals surface area contributed by atoms with E-state index in [0.29, 0.717) is 12.1 Å². The van der Waals surface area contributed by atoms with E-state index in [2.05, 4.69) is 20.7 Å². The van der Waals surface area contributed by atoms with Gasteiger partial charge in [-0.3, -0.25) is 4.72 Å². The fourth-order valence-corrected chi connectivity index (χ4v) is 3.08. The number of aromatic hydroxyl groups is 1. The minimum atomic E-state index is -4.31. The van der Waals surface area contributed by atoms with Gasteiger partial charge in [0.15, 0.2) is 11.6 Å². The lowest BCUT2D eigenvalue weighted by molar-refractivity contribution is 0.412. The molecular weight excluding hydrogens is 368 g/mol. The van der Waals surface area contributed by atoms with Crippen molar-refractivity contribution >= 4 is 31.6 Å². The number of phenolic OH excluding ortho intramolecular Hbond substituents is 1. The van der Waals surface area contributed by atoms with Crippen LogP contribution in [0.15, 0.2) is 39.7 Å². The summed E-state index contributed by atoms with van der Waals surface area (Å²) < 4.78 is 53.5. The molecule has 2 N–H and O–H groups in total. The Bertz CT molecular complexity index is 809. The number of phenols is 1. The summed E-state index contributed by atoms with van der Waals surface area (Å²) in [7, 11) is -4.31. The zero-order valence-corrected chi connectivity index (χ0v) is 13.1. The quantitative estimate of drug-likeness (QED) is 0.859. The smallest absolute Gasteiger partial charge is 0.265 e. The first-order chi connectivity index (χ1) is 9.70. The van der Waals surface area contributed by atoms with Crippen molar-refractivity contribution in [3.8, 4) is 5.75 Å². The summed E-state index contributed by atoms with van der Waals surface area (Å²) in [5.41, 5.74) is 0.976. The molecule has 2 aromatic carbocycles. The van der Waals surface area contributed by atoms with Crippen LogP contribution in [0.4, 0.5) is 14.5 Å². The molecule has 0 fully saturated rings. The Hall–Kier alpha value is -1.67. The third kappa shape index (κ3) is 3.33. The molecule has 2 aromatic rings. The molecule has 0 atom stereocenters. The monoisotopic (exact) mass is 377 g/mol. The summed E-state index contributed by atoms with van der Waals surface area (Å²) in [6, 6.07) is 5.58. The highest BCUT2D eigenvalue weighted by Crippen LogP contribution is 2.29. The maximum atomic E-state index is 13.2. The summed E-state index contributed by atoms with van der Waals surface area (Å²) in [5.74, 6) is -3.57. The van der Waals surface area contributed by atoms with Crippen LogP contribution in [-0.2, 0) is 10.0 Å². The molecule has 0 amide bonds. The number of rotatable bonds is 3. The van der Waals surface area contributed by atoms with Crippen LogP contribution in [0.1, 0.15) is 5.56 Å². The van der Waals surface area contributed by atoms with Crippen LogP contribution in [0.3, 0.4) is 0 Å². The van der Waals surface area contributed by atoms with Gasteiger partial charge in [-0.2, -0.15) is 0 Å². The van der Waals surface area contributed by atoms with Crippen molar-refractivity contribution in [2.45, 2.75) is 11.8 Å². The Labute approximate surface area is 128 Å². The number of anilines is 1. The van der Waals surface area contributed by atoms with Gasteiger partial charge >= 0.3 is 0 Å². The van der Waals surface area contributed by atoms with Crippen molar-refractivity contribution in [1.29, 1.82) is 0 Å². The van der Waals surface area contributed by atoms with Crippen LogP contribution in [-0.4, -0.2) is 13.5 Å². The van der Waals surface area contributed by atoms with Gasteiger partial charge in [-0.15, -0.1) is 0 Å². The lowest BCUT2D eigenvalue weighted by Gasteiger charge is -2.11. The van der Waals surface area contributed by atoms with E-state index in [0.717, 1.165) is 10.0 Å². The number of aryl methyl sites for hydroxylation is 1. The number of halogens is 3. The van der Waals surface area contributed by atoms with Gasteiger partial charge in [0, 0.05) is 16.2 Å². The Kier molecular flexibility index (Phi) is 4.20. The lowest BCUT2D eigenvalue weighted by Crippen LogP contribution is -2.14. The van der Waals surface area contributed by atoms with E-state index in [1.165, 1.54) is 12.1 Å². The number of sulfonamides is 1. The molecule has 0 spiro atoms. The SMILES string of the molecule is Cc1cc(NS(=O)(=O)c2cc(F)cc(F)c2O)ccc1Br. The third-order valence-electron chi connectivity index (χ3n) is 2.69. The predicted molar refractivity (Wildman–Crippen MR) is 77.7 cm³/mol. The molecular formula is C13H10BrF2NO3S. The van der Waals surface area contributed by atoms with Gasteiger partial charge < -0.3 is 5.11 Å². The van der Waals surface area contributed by atoms with Gasteiger partial charge in [-0.25, -0.2) is 17.2 Å². The fraction of sp³-hybridized carbons (Fsp3) is 0.0769. The van der Waals surface area contributed by atoms with E-state index in [1.54, 1.807) is 13.0 Å². The maximum Gasteiger partial charge on any atom is 0.265 e. The fourth-order valence-electron chi connectivity index (χ4n) is 1.67. The Morgan fingerprint density at radius 2 is 1.86 bits per heavy atom. The maximum absolute atomic E-state index is 13.2. The van der Waals surface area contributed by atoms with Crippen LogP contribution < -0.4 is 4.72 Å².